The quantitative estimate of drug-likeness (QED) is 0.425. The Kier molecular flexibility index (Phi) is 4.50. The lowest BCUT2D eigenvalue weighted by Gasteiger charge is -2.10. The van der Waals surface area contributed by atoms with E-state index in [1.807, 2.05) is 0 Å². The molecule has 2 N–H and O–H groups in total. The number of Topliss-reactive ketones (excluding diaryl/α,β-unsaturated/α-hetero) is 1. The summed E-state index contributed by atoms with van der Waals surface area (Å²) in [6.07, 6.45) is 0. The summed E-state index contributed by atoms with van der Waals surface area (Å²) < 4.78 is 3.38. The molecule has 0 unspecified atom stereocenters. The summed E-state index contributed by atoms with van der Waals surface area (Å²) in [5.74, 6) is -0.873. The number of anilines is 1. The van der Waals surface area contributed by atoms with Gasteiger partial charge in [-0.2, -0.15) is 4.52 Å². The number of thioether (sulfide) groups is 1. The van der Waals surface area contributed by atoms with E-state index in [4.69, 9.17) is 5.73 Å². The molecule has 0 fully saturated rings. The lowest BCUT2D eigenvalue weighted by molar-refractivity contribution is 0.102. The molecule has 0 amide bonds. The molecule has 0 aliphatic rings. The second kappa shape index (κ2) is 6.49. The van der Waals surface area contributed by atoms with E-state index in [0.717, 1.165) is 36.7 Å². The third-order valence-corrected chi connectivity index (χ3v) is 5.68. The highest BCUT2D eigenvalue weighted by Crippen LogP contribution is 2.23. The molecule has 0 radical (unpaired) electrons. The number of nitrogens with zero attached hydrogens (tertiary/aromatic N) is 6. The zero-order chi connectivity index (χ0) is 19.2. The molecule has 0 aromatic carbocycles. The molecule has 3 aromatic rings. The van der Waals surface area contributed by atoms with E-state index >= 15 is 0 Å². The van der Waals surface area contributed by atoms with Crippen molar-refractivity contribution in [1.29, 1.82) is 0 Å². The summed E-state index contributed by atoms with van der Waals surface area (Å²) in [7, 11) is 2.65. The molecular weight excluding hydrogens is 382 g/mol. The maximum absolute atomic E-state index is 12.5. The van der Waals surface area contributed by atoms with Crippen LogP contribution in [0.2, 0.25) is 0 Å². The van der Waals surface area contributed by atoms with E-state index in [1.54, 1.807) is 0 Å². The number of aromatic nitrogens is 6. The molecule has 0 atom stereocenters. The highest BCUT2D eigenvalue weighted by Gasteiger charge is 2.21. The van der Waals surface area contributed by atoms with Crippen LogP contribution in [0.4, 0.5) is 5.82 Å². The first-order valence-electron chi connectivity index (χ1n) is 7.17. The van der Waals surface area contributed by atoms with Gasteiger partial charge in [0, 0.05) is 14.1 Å². The molecule has 3 rings (SSSR count). The van der Waals surface area contributed by atoms with Crippen molar-refractivity contribution in [2.75, 3.05) is 11.5 Å². The van der Waals surface area contributed by atoms with Gasteiger partial charge in [0.05, 0.1) is 5.75 Å². The number of fused-ring (bicyclic) bond motifs is 1. The predicted octanol–water partition coefficient (Wildman–Crippen LogP) is -1.19. The number of hydrogen-bond donors (Lipinski definition) is 1. The second-order valence-corrected chi connectivity index (χ2v) is 7.51. The maximum Gasteiger partial charge on any atom is 0.332 e. The molecule has 0 bridgehead atoms. The molecule has 0 aliphatic heterocycles. The normalized spacial score (nSPS) is 11.2. The smallest absolute Gasteiger partial charge is 0.332 e. The van der Waals surface area contributed by atoms with Crippen LogP contribution in [0.15, 0.2) is 18.7 Å². The molecule has 3 aromatic heterocycles. The predicted molar refractivity (Wildman–Crippen MR) is 96.1 cm³/mol. The van der Waals surface area contributed by atoms with Crippen LogP contribution in [-0.2, 0) is 14.1 Å². The third-order valence-electron chi connectivity index (χ3n) is 3.64. The average molecular weight is 395 g/mol. The van der Waals surface area contributed by atoms with Crippen molar-refractivity contribution < 1.29 is 4.79 Å². The van der Waals surface area contributed by atoms with E-state index in [9.17, 15) is 19.2 Å². The molecule has 3 heterocycles. The maximum atomic E-state index is 12.5. The van der Waals surface area contributed by atoms with Gasteiger partial charge in [-0.15, -0.1) is 15.3 Å². The molecule has 0 aliphatic carbocycles. The largest absolute Gasteiger partial charge is 0.384 e. The van der Waals surface area contributed by atoms with E-state index in [0.29, 0.717) is 9.30 Å². The number of ketones is 1. The van der Waals surface area contributed by atoms with Gasteiger partial charge in [0.15, 0.2) is 10.1 Å². The molecule has 136 valence electrons. The monoisotopic (exact) mass is 395 g/mol. The molecule has 26 heavy (non-hydrogen) atoms. The summed E-state index contributed by atoms with van der Waals surface area (Å²) in [5.41, 5.74) is 3.97. The number of rotatable bonds is 4. The molecule has 0 saturated carbocycles. The van der Waals surface area contributed by atoms with Crippen molar-refractivity contribution >= 4 is 39.7 Å². The zero-order valence-corrected chi connectivity index (χ0v) is 15.6. The standard InChI is InChI=1S/C13H13N7O4S2/c1-5-9(22)20-11(16-15-5)26-12(17-20)25-4-6(21)7-8(14)18(2)13(24)19(3)10(7)23/h4,14H2,1-3H3. The van der Waals surface area contributed by atoms with Crippen LogP contribution >= 0.6 is 23.1 Å². The Morgan fingerprint density at radius 1 is 1.15 bits per heavy atom. The zero-order valence-electron chi connectivity index (χ0n) is 13.9. The van der Waals surface area contributed by atoms with Crippen LogP contribution in [0.25, 0.3) is 4.96 Å². The van der Waals surface area contributed by atoms with E-state index in [-0.39, 0.29) is 28.4 Å². The number of carbonyl (C=O) groups excluding carboxylic acids is 1. The van der Waals surface area contributed by atoms with Gasteiger partial charge in [0.2, 0.25) is 4.96 Å². The number of aryl methyl sites for hydroxylation is 1. The van der Waals surface area contributed by atoms with Crippen molar-refractivity contribution in [3.05, 3.63) is 42.4 Å². The second-order valence-electron chi connectivity index (χ2n) is 5.33. The first kappa shape index (κ1) is 18.0. The Morgan fingerprint density at radius 3 is 2.54 bits per heavy atom. The van der Waals surface area contributed by atoms with Crippen LogP contribution in [0.5, 0.6) is 0 Å². The molecule has 0 spiro atoms. The Balaban J connectivity index is 1.91. The first-order chi connectivity index (χ1) is 12.2. The molecule has 11 nitrogen and oxygen atoms in total. The molecule has 0 saturated heterocycles. The topological polar surface area (TPSA) is 147 Å². The molecule has 13 heteroatoms. The van der Waals surface area contributed by atoms with Crippen LogP contribution in [0.3, 0.4) is 0 Å². The van der Waals surface area contributed by atoms with Gasteiger partial charge < -0.3 is 5.73 Å². The minimum Gasteiger partial charge on any atom is -0.384 e. The molecular formula is C13H13N7O4S2. The lowest BCUT2D eigenvalue weighted by Crippen LogP contribution is -2.41. The minimum atomic E-state index is -0.752. The van der Waals surface area contributed by atoms with Crippen LogP contribution in [0, 0.1) is 6.92 Å². The van der Waals surface area contributed by atoms with Gasteiger partial charge in [-0.1, -0.05) is 23.1 Å². The summed E-state index contributed by atoms with van der Waals surface area (Å²) in [5, 5.41) is 11.7. The Hall–Kier alpha value is -2.80. The van der Waals surface area contributed by atoms with Gasteiger partial charge >= 0.3 is 5.69 Å². The van der Waals surface area contributed by atoms with Crippen LogP contribution < -0.4 is 22.5 Å². The first-order valence-corrected chi connectivity index (χ1v) is 8.97. The van der Waals surface area contributed by atoms with Gasteiger partial charge in [0.1, 0.15) is 17.1 Å². The van der Waals surface area contributed by atoms with Crippen molar-refractivity contribution in [2.45, 2.75) is 11.3 Å². The fraction of sp³-hybridized carbons (Fsp3) is 0.308. The summed E-state index contributed by atoms with van der Waals surface area (Å²) in [6, 6.07) is 0. The van der Waals surface area contributed by atoms with Gasteiger partial charge in [0.25, 0.3) is 11.1 Å². The van der Waals surface area contributed by atoms with Crippen molar-refractivity contribution in [3.63, 3.8) is 0 Å². The lowest BCUT2D eigenvalue weighted by atomic mass is 10.2. The van der Waals surface area contributed by atoms with E-state index < -0.39 is 17.0 Å². The average Bonchev–Trinajstić information content (AvgIpc) is 3.04. The van der Waals surface area contributed by atoms with Gasteiger partial charge in [-0.25, -0.2) is 4.79 Å². The summed E-state index contributed by atoms with van der Waals surface area (Å²) in [4.78, 5) is 48.7. The minimum absolute atomic E-state index is 0.140. The van der Waals surface area contributed by atoms with Crippen LogP contribution in [0.1, 0.15) is 16.1 Å². The van der Waals surface area contributed by atoms with Crippen LogP contribution in [-0.4, -0.2) is 40.5 Å². The number of carbonyl (C=O) groups is 1. The van der Waals surface area contributed by atoms with Gasteiger partial charge in [-0.05, 0) is 6.92 Å². The highest BCUT2D eigenvalue weighted by molar-refractivity contribution is 8.01. The Morgan fingerprint density at radius 2 is 1.85 bits per heavy atom. The third kappa shape index (κ3) is 2.84. The highest BCUT2D eigenvalue weighted by atomic mass is 32.2. The fourth-order valence-electron chi connectivity index (χ4n) is 2.15. The van der Waals surface area contributed by atoms with Crippen molar-refractivity contribution in [3.8, 4) is 0 Å². The Labute approximate surface area is 153 Å². The van der Waals surface area contributed by atoms with Gasteiger partial charge in [-0.3, -0.25) is 23.5 Å². The number of nitrogens with two attached hydrogens (primary N) is 1. The Bertz CT molecular complexity index is 1220. The fourth-order valence-corrected chi connectivity index (χ4v) is 3.90. The summed E-state index contributed by atoms with van der Waals surface area (Å²) in [6.45, 7) is 1.52. The SMILES string of the molecule is Cc1nnc2sc(SCC(=O)c3c(N)n(C)c(=O)n(C)c3=O)nn2c1=O. The number of hydrogen-bond acceptors (Lipinski definition) is 10. The summed E-state index contributed by atoms with van der Waals surface area (Å²) >= 11 is 2.13. The van der Waals surface area contributed by atoms with E-state index in [2.05, 4.69) is 15.3 Å². The van der Waals surface area contributed by atoms with Crippen molar-refractivity contribution in [2.24, 2.45) is 14.1 Å². The van der Waals surface area contributed by atoms with E-state index in [1.165, 1.54) is 21.0 Å². The number of nitrogen functional groups attached to an aromatic ring is 1. The van der Waals surface area contributed by atoms with Crippen molar-refractivity contribution in [1.82, 2.24) is 28.9 Å².